The van der Waals surface area contributed by atoms with Crippen LogP contribution in [0.2, 0.25) is 0 Å². The molecular formula is C7H9NO5. The van der Waals surface area contributed by atoms with Gasteiger partial charge in [-0.3, -0.25) is 9.05 Å². The Labute approximate surface area is 72.9 Å². The Balaban J connectivity index is 2.61. The Bertz CT molecular complexity index is 376. The zero-order valence-corrected chi connectivity index (χ0v) is 7.27. The quantitative estimate of drug-likeness (QED) is 0.483. The van der Waals surface area contributed by atoms with Gasteiger partial charge in [-0.1, -0.05) is 5.57 Å². The molecule has 0 saturated heterocycles. The minimum Gasteiger partial charge on any atom is -0.353 e. The van der Waals surface area contributed by atoms with Crippen molar-refractivity contribution < 1.29 is 13.9 Å². The van der Waals surface area contributed by atoms with Gasteiger partial charge in [-0.15, -0.1) is 0 Å². The highest BCUT2D eigenvalue weighted by Gasteiger charge is 2.03. The molecule has 1 aromatic rings. The fraction of sp³-hybridized carbons (Fsp3) is 0.429. The third-order valence-corrected chi connectivity index (χ3v) is 1.15. The largest absolute Gasteiger partial charge is 0.449 e. The molecule has 13 heavy (non-hydrogen) atoms. The SMILES string of the molecule is CC(C)=CCOn1oc(=O)c(=O)o1. The van der Waals surface area contributed by atoms with E-state index in [2.05, 4.69) is 9.05 Å². The third-order valence-electron chi connectivity index (χ3n) is 1.15. The van der Waals surface area contributed by atoms with Crippen molar-refractivity contribution in [3.63, 3.8) is 0 Å². The summed E-state index contributed by atoms with van der Waals surface area (Å²) in [5, 5.41) is 0.393. The Kier molecular flexibility index (Phi) is 2.73. The van der Waals surface area contributed by atoms with E-state index in [0.29, 0.717) is 5.08 Å². The van der Waals surface area contributed by atoms with Crippen LogP contribution >= 0.6 is 0 Å². The molecule has 0 unspecified atom stereocenters. The van der Waals surface area contributed by atoms with Crippen molar-refractivity contribution in [2.45, 2.75) is 13.8 Å². The van der Waals surface area contributed by atoms with Gasteiger partial charge in [0, 0.05) is 0 Å². The molecule has 0 amide bonds. The summed E-state index contributed by atoms with van der Waals surface area (Å²) in [7, 11) is 0. The molecule has 0 aliphatic heterocycles. The summed E-state index contributed by atoms with van der Waals surface area (Å²) < 4.78 is 8.45. The third kappa shape index (κ3) is 2.66. The van der Waals surface area contributed by atoms with Gasteiger partial charge in [-0.2, -0.15) is 0 Å². The van der Waals surface area contributed by atoms with Crippen LogP contribution in [-0.4, -0.2) is 11.7 Å². The molecule has 0 spiro atoms. The predicted octanol–water partition coefficient (Wildman–Crippen LogP) is -0.211. The first-order chi connectivity index (χ1) is 6.09. The van der Waals surface area contributed by atoms with Gasteiger partial charge in [0.1, 0.15) is 11.7 Å². The van der Waals surface area contributed by atoms with Gasteiger partial charge in [0.25, 0.3) is 0 Å². The second kappa shape index (κ2) is 3.79. The Morgan fingerprint density at radius 2 is 1.92 bits per heavy atom. The van der Waals surface area contributed by atoms with E-state index in [1.165, 1.54) is 0 Å². The van der Waals surface area contributed by atoms with Crippen molar-refractivity contribution in [1.29, 1.82) is 0 Å². The first kappa shape index (κ1) is 9.37. The van der Waals surface area contributed by atoms with Gasteiger partial charge in [0.2, 0.25) is 0 Å². The van der Waals surface area contributed by atoms with Crippen LogP contribution in [0.5, 0.6) is 0 Å². The highest BCUT2D eigenvalue weighted by molar-refractivity contribution is 4.92. The summed E-state index contributed by atoms with van der Waals surface area (Å²) in [6.45, 7) is 3.93. The van der Waals surface area contributed by atoms with Gasteiger partial charge >= 0.3 is 11.3 Å². The normalized spacial score (nSPS) is 9.69. The summed E-state index contributed by atoms with van der Waals surface area (Å²) in [6, 6.07) is 0. The topological polar surface area (TPSA) is 74.6 Å². The Hall–Kier alpha value is -1.72. The molecule has 6 heteroatoms. The Morgan fingerprint density at radius 3 is 2.38 bits per heavy atom. The average molecular weight is 187 g/mol. The van der Waals surface area contributed by atoms with Crippen LogP contribution in [0.1, 0.15) is 13.8 Å². The van der Waals surface area contributed by atoms with Crippen LogP contribution in [0.25, 0.3) is 0 Å². The van der Waals surface area contributed by atoms with Crippen LogP contribution in [0.15, 0.2) is 30.3 Å². The van der Waals surface area contributed by atoms with Crippen LogP contribution in [0, 0.1) is 0 Å². The first-order valence-corrected chi connectivity index (χ1v) is 3.60. The molecule has 0 N–H and O–H groups in total. The predicted molar refractivity (Wildman–Crippen MR) is 42.4 cm³/mol. The molecular weight excluding hydrogens is 178 g/mol. The molecule has 0 aliphatic carbocycles. The van der Waals surface area contributed by atoms with Crippen LogP contribution < -0.4 is 16.1 Å². The standard InChI is InChI=1S/C7H9NO5/c1-5(2)3-4-11-8-12-6(9)7(10)13-8/h3H,4H2,1-2H3. The molecule has 0 aromatic carbocycles. The molecule has 1 heterocycles. The lowest BCUT2D eigenvalue weighted by atomic mass is 10.3. The lowest BCUT2D eigenvalue weighted by Crippen LogP contribution is -2.14. The number of hydrogen-bond acceptors (Lipinski definition) is 5. The Morgan fingerprint density at radius 1 is 1.38 bits per heavy atom. The fourth-order valence-corrected chi connectivity index (χ4v) is 0.546. The van der Waals surface area contributed by atoms with E-state index >= 15 is 0 Å². The lowest BCUT2D eigenvalue weighted by molar-refractivity contribution is -0.137. The highest BCUT2D eigenvalue weighted by atomic mass is 17.0. The maximum Gasteiger partial charge on any atom is 0.449 e. The summed E-state index contributed by atoms with van der Waals surface area (Å²) in [6.07, 6.45) is 1.74. The molecule has 6 nitrogen and oxygen atoms in total. The lowest BCUT2D eigenvalue weighted by Gasteiger charge is -1.95. The van der Waals surface area contributed by atoms with Crippen molar-refractivity contribution in [2.24, 2.45) is 0 Å². The van der Waals surface area contributed by atoms with Gasteiger partial charge in [0.05, 0.1) is 0 Å². The van der Waals surface area contributed by atoms with Crippen LogP contribution in [-0.2, 0) is 0 Å². The molecule has 72 valence electrons. The number of aromatic nitrogens is 1. The zero-order chi connectivity index (χ0) is 9.84. The van der Waals surface area contributed by atoms with E-state index in [1.54, 1.807) is 6.08 Å². The summed E-state index contributed by atoms with van der Waals surface area (Å²) in [4.78, 5) is 25.6. The molecule has 0 bridgehead atoms. The molecule has 1 aromatic heterocycles. The number of allylic oxidation sites excluding steroid dienone is 1. The van der Waals surface area contributed by atoms with E-state index in [0.717, 1.165) is 5.57 Å². The maximum absolute atomic E-state index is 10.4. The molecule has 1 rings (SSSR count). The van der Waals surface area contributed by atoms with Gasteiger partial charge in [-0.05, 0) is 19.9 Å². The fourth-order valence-electron chi connectivity index (χ4n) is 0.546. The molecule has 0 radical (unpaired) electrons. The smallest absolute Gasteiger partial charge is 0.353 e. The molecule has 0 fully saturated rings. The number of nitrogens with zero attached hydrogens (tertiary/aromatic N) is 1. The van der Waals surface area contributed by atoms with Gasteiger partial charge in [0.15, 0.2) is 0 Å². The van der Waals surface area contributed by atoms with E-state index in [-0.39, 0.29) is 6.61 Å². The minimum absolute atomic E-state index is 0.170. The number of rotatable bonds is 3. The van der Waals surface area contributed by atoms with E-state index in [4.69, 9.17) is 4.84 Å². The molecule has 0 saturated carbocycles. The summed E-state index contributed by atoms with van der Waals surface area (Å²) >= 11 is 0. The van der Waals surface area contributed by atoms with Crippen molar-refractivity contribution in [3.8, 4) is 0 Å². The van der Waals surface area contributed by atoms with Crippen molar-refractivity contribution in [3.05, 3.63) is 32.5 Å². The second-order valence-corrected chi connectivity index (χ2v) is 2.56. The first-order valence-electron chi connectivity index (χ1n) is 3.60. The monoisotopic (exact) mass is 187 g/mol. The van der Waals surface area contributed by atoms with E-state index < -0.39 is 11.3 Å². The minimum atomic E-state index is -1.09. The number of hydrogen-bond donors (Lipinski definition) is 0. The van der Waals surface area contributed by atoms with E-state index in [9.17, 15) is 9.59 Å². The van der Waals surface area contributed by atoms with Crippen molar-refractivity contribution in [1.82, 2.24) is 5.08 Å². The van der Waals surface area contributed by atoms with Gasteiger partial charge < -0.3 is 4.84 Å². The summed E-state index contributed by atoms with van der Waals surface area (Å²) in [5.41, 5.74) is -1.13. The summed E-state index contributed by atoms with van der Waals surface area (Å²) in [5.74, 6) is 0. The van der Waals surface area contributed by atoms with Crippen molar-refractivity contribution in [2.75, 3.05) is 6.61 Å². The maximum atomic E-state index is 10.4. The van der Waals surface area contributed by atoms with E-state index in [1.807, 2.05) is 13.8 Å². The average Bonchev–Trinajstić information content (AvgIpc) is 2.30. The zero-order valence-electron chi connectivity index (χ0n) is 7.27. The highest BCUT2D eigenvalue weighted by Crippen LogP contribution is 1.86. The molecule has 0 aliphatic rings. The molecule has 0 atom stereocenters. The van der Waals surface area contributed by atoms with Crippen LogP contribution in [0.4, 0.5) is 0 Å². The second-order valence-electron chi connectivity index (χ2n) is 2.56. The van der Waals surface area contributed by atoms with Gasteiger partial charge in [-0.25, -0.2) is 9.59 Å². The van der Waals surface area contributed by atoms with Crippen LogP contribution in [0.3, 0.4) is 0 Å². The van der Waals surface area contributed by atoms with Crippen molar-refractivity contribution >= 4 is 0 Å².